The zero-order chi connectivity index (χ0) is 43.7. The van der Waals surface area contributed by atoms with E-state index >= 15 is 0 Å². The van der Waals surface area contributed by atoms with Gasteiger partial charge in [0.05, 0.1) is 12.5 Å². The van der Waals surface area contributed by atoms with Crippen molar-refractivity contribution in [3.8, 4) is 66.8 Å². The van der Waals surface area contributed by atoms with Crippen LogP contribution in [0.3, 0.4) is 0 Å². The summed E-state index contributed by atoms with van der Waals surface area (Å²) in [4.78, 5) is 2.34. The highest BCUT2D eigenvalue weighted by Gasteiger charge is 2.21. The first-order valence-corrected chi connectivity index (χ1v) is 19.8. The Balaban J connectivity index is 1.09. The molecular formula is C58H41N. The highest BCUT2D eigenvalue weighted by atomic mass is 15.1. The van der Waals surface area contributed by atoms with Crippen LogP contribution >= 0.6 is 0 Å². The molecule has 0 unspecified atom stereocenters. The van der Waals surface area contributed by atoms with Crippen molar-refractivity contribution in [1.29, 1.82) is 0 Å². The lowest BCUT2D eigenvalue weighted by Gasteiger charge is -2.29. The van der Waals surface area contributed by atoms with Crippen molar-refractivity contribution < 1.29 is 6.85 Å². The molecule has 1 nitrogen and oxygen atoms in total. The topological polar surface area (TPSA) is 3.24 Å². The normalized spacial score (nSPS) is 12.2. The summed E-state index contributed by atoms with van der Waals surface area (Å²) in [5.41, 5.74) is 14.8. The van der Waals surface area contributed by atoms with Crippen LogP contribution in [0.4, 0.5) is 17.1 Å². The number of fused-ring (bicyclic) bond motifs is 1. The van der Waals surface area contributed by atoms with Gasteiger partial charge in [0.25, 0.3) is 0 Å². The first-order valence-electron chi connectivity index (χ1n) is 22.3. The van der Waals surface area contributed by atoms with Crippen molar-refractivity contribution in [3.63, 3.8) is 0 Å². The zero-order valence-electron chi connectivity index (χ0n) is 37.2. The van der Waals surface area contributed by atoms with E-state index in [0.717, 1.165) is 67.1 Å². The minimum absolute atomic E-state index is 0.193. The second-order valence-corrected chi connectivity index (χ2v) is 14.5. The number of anilines is 3. The van der Waals surface area contributed by atoms with E-state index in [1.807, 2.05) is 24.3 Å². The van der Waals surface area contributed by atoms with Crippen LogP contribution in [0, 0.1) is 0 Å². The van der Waals surface area contributed by atoms with Gasteiger partial charge in [-0.2, -0.15) is 0 Å². The van der Waals surface area contributed by atoms with Crippen molar-refractivity contribution >= 4 is 27.8 Å². The van der Waals surface area contributed by atoms with Gasteiger partial charge in [0.15, 0.2) is 0 Å². The third kappa shape index (κ3) is 7.23. The summed E-state index contributed by atoms with van der Waals surface area (Å²) in [6.07, 6.45) is 0. The smallest absolute Gasteiger partial charge is 0.0629 e. The fourth-order valence-electron chi connectivity index (χ4n) is 8.08. The van der Waals surface area contributed by atoms with E-state index in [1.54, 1.807) is 0 Å². The number of benzene rings is 10. The summed E-state index contributed by atoms with van der Waals surface area (Å²) in [7, 11) is 0. The molecule has 0 aliphatic heterocycles. The second kappa shape index (κ2) is 16.0. The minimum Gasteiger partial charge on any atom is -0.310 e. The van der Waals surface area contributed by atoms with Gasteiger partial charge < -0.3 is 4.90 Å². The van der Waals surface area contributed by atoms with E-state index in [4.69, 9.17) is 6.85 Å². The molecule has 0 atom stereocenters. The van der Waals surface area contributed by atoms with Gasteiger partial charge in [-0.05, 0) is 108 Å². The maximum atomic E-state index is 8.48. The number of para-hydroxylation sites is 1. The fraction of sp³-hybridized carbons (Fsp3) is 0. The number of hydrogen-bond donors (Lipinski definition) is 0. The minimum atomic E-state index is -0.398. The van der Waals surface area contributed by atoms with Crippen LogP contribution < -0.4 is 4.90 Å². The summed E-state index contributed by atoms with van der Waals surface area (Å²) in [5, 5.41) is 2.39. The molecule has 0 aromatic heterocycles. The molecule has 1 heteroatoms. The predicted octanol–water partition coefficient (Wildman–Crippen LogP) is 16.3. The molecule has 0 N–H and O–H groups in total. The molecule has 0 amide bonds. The van der Waals surface area contributed by atoms with Crippen LogP contribution in [-0.4, -0.2) is 0 Å². The molecule has 0 heterocycles. The predicted molar refractivity (Wildman–Crippen MR) is 251 cm³/mol. The Hall–Kier alpha value is -7.74. The summed E-state index contributed by atoms with van der Waals surface area (Å²) in [5.74, 6) is 0. The van der Waals surface area contributed by atoms with Crippen LogP contribution in [0.15, 0.2) is 249 Å². The first-order chi connectivity index (χ1) is 31.3. The molecule has 0 aliphatic carbocycles. The van der Waals surface area contributed by atoms with E-state index < -0.39 is 6.04 Å². The van der Waals surface area contributed by atoms with Crippen LogP contribution in [0.2, 0.25) is 0 Å². The van der Waals surface area contributed by atoms with Crippen molar-refractivity contribution in [1.82, 2.24) is 0 Å². The Morgan fingerprint density at radius 3 is 1.47 bits per heavy atom. The van der Waals surface area contributed by atoms with Crippen LogP contribution in [0.1, 0.15) is 6.85 Å². The molecule has 10 aromatic carbocycles. The van der Waals surface area contributed by atoms with E-state index in [1.165, 1.54) is 16.3 Å². The van der Waals surface area contributed by atoms with Crippen molar-refractivity contribution in [2.75, 3.05) is 4.90 Å². The lowest BCUT2D eigenvalue weighted by Crippen LogP contribution is -2.11. The lowest BCUT2D eigenvalue weighted by atomic mass is 9.88. The number of hydrogen-bond acceptors (Lipinski definition) is 1. The van der Waals surface area contributed by atoms with Gasteiger partial charge >= 0.3 is 0 Å². The van der Waals surface area contributed by atoms with Gasteiger partial charge in [0.1, 0.15) is 0 Å². The molecule has 10 rings (SSSR count). The van der Waals surface area contributed by atoms with Crippen LogP contribution in [0.25, 0.3) is 77.5 Å². The third-order valence-electron chi connectivity index (χ3n) is 11.0. The molecule has 59 heavy (non-hydrogen) atoms. The number of nitrogens with zero attached hydrogens (tertiary/aromatic N) is 1. The summed E-state index contributed by atoms with van der Waals surface area (Å²) >= 11 is 0. The largest absolute Gasteiger partial charge is 0.310 e. The number of rotatable bonds is 9. The maximum absolute atomic E-state index is 8.48. The van der Waals surface area contributed by atoms with Crippen molar-refractivity contribution in [2.24, 2.45) is 0 Å². The van der Waals surface area contributed by atoms with Gasteiger partial charge in [-0.1, -0.05) is 212 Å². The van der Waals surface area contributed by atoms with E-state index in [2.05, 4.69) is 199 Å². The highest BCUT2D eigenvalue weighted by Crippen LogP contribution is 2.46. The summed E-state index contributed by atoms with van der Waals surface area (Å²) in [6.45, 7) is 0. The average Bonchev–Trinajstić information content (AvgIpc) is 3.36. The van der Waals surface area contributed by atoms with E-state index in [-0.39, 0.29) is 29.7 Å². The monoisotopic (exact) mass is 756 g/mol. The molecule has 0 bridgehead atoms. The zero-order valence-corrected chi connectivity index (χ0v) is 32.2. The van der Waals surface area contributed by atoms with Gasteiger partial charge in [-0.15, -0.1) is 0 Å². The van der Waals surface area contributed by atoms with E-state index in [9.17, 15) is 0 Å². The molecule has 0 saturated carbocycles. The molecule has 278 valence electrons. The van der Waals surface area contributed by atoms with Crippen molar-refractivity contribution in [3.05, 3.63) is 249 Å². The molecule has 0 spiro atoms. The van der Waals surface area contributed by atoms with Crippen LogP contribution in [0.5, 0.6) is 0 Å². The molecule has 0 fully saturated rings. The fourth-order valence-corrected chi connectivity index (χ4v) is 8.08. The Morgan fingerprint density at radius 1 is 0.271 bits per heavy atom. The molecule has 0 aliphatic rings. The molecule has 10 aromatic rings. The quantitative estimate of drug-likeness (QED) is 0.142. The van der Waals surface area contributed by atoms with Gasteiger partial charge in [-0.25, -0.2) is 0 Å². The van der Waals surface area contributed by atoms with E-state index in [0.29, 0.717) is 5.56 Å². The standard InChI is InChI=1S/C58H41N/c1-3-16-42(17-4-1)44-30-32-45(33-31-44)46-36-38-51(39-37-46)59(52-23-15-22-49(41-52)50-35-34-43-18-7-8-21-48(43)40-50)58-29-14-13-28-57(58)56-27-12-11-26-55(56)54-25-10-9-24-53(54)47-19-5-2-6-20-47/h1-41H/i1D,3D,4D,16D,17D. The average molecular weight is 757 g/mol. The van der Waals surface area contributed by atoms with Gasteiger partial charge in [0.2, 0.25) is 0 Å². The highest BCUT2D eigenvalue weighted by molar-refractivity contribution is 5.97. The SMILES string of the molecule is [2H]c1c([2H])c([2H])c(-c2ccc(-c3ccc(N(c4cccc(-c5ccc6ccccc6c5)c4)c4ccccc4-c4ccccc4-c4ccccc4-c4ccccc4)cc3)cc2)c([2H])c1[2H]. The Morgan fingerprint density at radius 2 is 0.763 bits per heavy atom. The van der Waals surface area contributed by atoms with Gasteiger partial charge in [0, 0.05) is 16.9 Å². The molecular weight excluding hydrogens is 711 g/mol. The second-order valence-electron chi connectivity index (χ2n) is 14.5. The molecule has 0 radical (unpaired) electrons. The Bertz CT molecular complexity index is 3300. The van der Waals surface area contributed by atoms with Crippen molar-refractivity contribution in [2.45, 2.75) is 0 Å². The Kier molecular flexibility index (Phi) is 8.25. The summed E-state index contributed by atoms with van der Waals surface area (Å²) < 4.78 is 41.3. The third-order valence-corrected chi connectivity index (χ3v) is 11.0. The first kappa shape index (κ1) is 30.4. The lowest BCUT2D eigenvalue weighted by molar-refractivity contribution is 1.28. The maximum Gasteiger partial charge on any atom is 0.0629 e. The van der Waals surface area contributed by atoms with Gasteiger partial charge in [-0.3, -0.25) is 0 Å². The summed E-state index contributed by atoms with van der Waals surface area (Å²) in [6, 6.07) is 74.8. The van der Waals surface area contributed by atoms with Crippen LogP contribution in [-0.2, 0) is 0 Å². The Labute approximate surface area is 353 Å². The molecule has 0 saturated heterocycles.